The maximum absolute atomic E-state index is 14.1. The first-order valence-corrected chi connectivity index (χ1v) is 14.3. The molecule has 3 aromatic carbocycles. The lowest BCUT2D eigenvalue weighted by molar-refractivity contribution is -0.376. The minimum atomic E-state index is -6.56. The van der Waals surface area contributed by atoms with Crippen molar-refractivity contribution in [1.82, 2.24) is 0 Å². The standard InChI is InChI=1S/C32H30F12N2O4/c1-25(2,3)23(47)15-8-7-9-16(14-15)24(48)45-21-17-10-13-20(28(50,31(39,40)41)32(42,43)44)22(46-26(4,5)6)18(17)11-12-19(21)27(49,29(33,34)35)30(36,37)38/h7-14,46,49-50H,1-6H3,(H,45,48). The van der Waals surface area contributed by atoms with Crippen LogP contribution >= 0.6 is 0 Å². The number of Topliss-reactive ketones (excluding diaryl/α,β-unsaturated/α-hetero) is 1. The zero-order chi connectivity index (χ0) is 38.8. The number of halogens is 12. The van der Waals surface area contributed by atoms with Crippen molar-refractivity contribution < 1.29 is 72.5 Å². The van der Waals surface area contributed by atoms with Gasteiger partial charge in [0.25, 0.3) is 17.1 Å². The summed E-state index contributed by atoms with van der Waals surface area (Å²) in [6.45, 7) is 8.21. The molecule has 3 rings (SSSR count). The molecule has 50 heavy (non-hydrogen) atoms. The Bertz CT molecular complexity index is 1770. The van der Waals surface area contributed by atoms with E-state index < -0.39 is 97.4 Å². The summed E-state index contributed by atoms with van der Waals surface area (Å²) < 4.78 is 169. The fraction of sp³-hybridized carbons (Fsp3) is 0.438. The quantitative estimate of drug-likeness (QED) is 0.150. The lowest BCUT2D eigenvalue weighted by Crippen LogP contribution is -2.54. The van der Waals surface area contributed by atoms with Crippen LogP contribution < -0.4 is 10.6 Å². The fourth-order valence-corrected chi connectivity index (χ4v) is 5.01. The Balaban J connectivity index is 2.55. The normalized spacial score (nSPS) is 14.2. The molecule has 0 aromatic heterocycles. The Morgan fingerprint density at radius 3 is 1.32 bits per heavy atom. The number of carbonyl (C=O) groups is 2. The van der Waals surface area contributed by atoms with Crippen molar-refractivity contribution in [2.24, 2.45) is 5.41 Å². The number of aliphatic hydroxyl groups is 2. The van der Waals surface area contributed by atoms with Crippen molar-refractivity contribution in [3.63, 3.8) is 0 Å². The summed E-state index contributed by atoms with van der Waals surface area (Å²) >= 11 is 0. The van der Waals surface area contributed by atoms with Gasteiger partial charge in [-0.05, 0) is 32.9 Å². The predicted octanol–water partition coefficient (Wildman–Crippen LogP) is 9.16. The molecule has 6 nitrogen and oxygen atoms in total. The molecule has 0 bridgehead atoms. The Kier molecular flexibility index (Phi) is 9.94. The van der Waals surface area contributed by atoms with E-state index in [1.54, 1.807) is 5.32 Å². The average Bonchev–Trinajstić information content (AvgIpc) is 2.92. The van der Waals surface area contributed by atoms with E-state index in [9.17, 15) is 72.5 Å². The zero-order valence-electron chi connectivity index (χ0n) is 26.9. The van der Waals surface area contributed by atoms with E-state index in [1.165, 1.54) is 47.6 Å². The van der Waals surface area contributed by atoms with Crippen LogP contribution in [0.4, 0.5) is 64.1 Å². The van der Waals surface area contributed by atoms with Crippen LogP contribution in [0.1, 0.15) is 73.4 Å². The Morgan fingerprint density at radius 2 is 0.940 bits per heavy atom. The molecule has 0 aliphatic heterocycles. The van der Waals surface area contributed by atoms with Gasteiger partial charge in [-0.15, -0.1) is 0 Å². The number of fused-ring (bicyclic) bond motifs is 1. The molecule has 18 heteroatoms. The predicted molar refractivity (Wildman–Crippen MR) is 158 cm³/mol. The van der Waals surface area contributed by atoms with Crippen LogP contribution in [0.15, 0.2) is 48.5 Å². The molecule has 0 heterocycles. The molecule has 4 N–H and O–H groups in total. The molecule has 0 aliphatic rings. The van der Waals surface area contributed by atoms with Crippen molar-refractivity contribution in [1.29, 1.82) is 0 Å². The second kappa shape index (κ2) is 12.3. The molecule has 0 unspecified atom stereocenters. The molecule has 0 radical (unpaired) electrons. The third-order valence-electron chi connectivity index (χ3n) is 7.43. The van der Waals surface area contributed by atoms with Crippen LogP contribution in [0.3, 0.4) is 0 Å². The van der Waals surface area contributed by atoms with Gasteiger partial charge in [0.2, 0.25) is 0 Å². The number of rotatable bonds is 6. The van der Waals surface area contributed by atoms with Gasteiger partial charge in [0, 0.05) is 49.7 Å². The number of hydrogen-bond donors (Lipinski definition) is 4. The summed E-state index contributed by atoms with van der Waals surface area (Å²) in [6.07, 6.45) is -26.0. The largest absolute Gasteiger partial charge is 0.430 e. The van der Waals surface area contributed by atoms with Crippen molar-refractivity contribution in [3.8, 4) is 0 Å². The second-order valence-electron chi connectivity index (χ2n) is 13.5. The molecule has 0 aliphatic carbocycles. The summed E-state index contributed by atoms with van der Waals surface area (Å²) in [5, 5.41) is 22.7. The maximum Gasteiger partial charge on any atom is 0.430 e. The highest BCUT2D eigenvalue weighted by molar-refractivity contribution is 6.13. The molecule has 0 spiro atoms. The maximum atomic E-state index is 14.1. The van der Waals surface area contributed by atoms with Gasteiger partial charge < -0.3 is 20.8 Å². The third-order valence-corrected chi connectivity index (χ3v) is 7.43. The summed E-state index contributed by atoms with van der Waals surface area (Å²) in [4.78, 5) is 26.2. The van der Waals surface area contributed by atoms with E-state index in [-0.39, 0.29) is 29.8 Å². The highest BCUT2D eigenvalue weighted by atomic mass is 19.4. The molecule has 0 fully saturated rings. The monoisotopic (exact) mass is 734 g/mol. The number of ketones is 1. The van der Waals surface area contributed by atoms with Gasteiger partial charge in [0.05, 0.1) is 5.69 Å². The van der Waals surface area contributed by atoms with Gasteiger partial charge in [-0.3, -0.25) is 9.59 Å². The highest BCUT2D eigenvalue weighted by Crippen LogP contribution is 2.56. The number of alkyl halides is 12. The molecule has 0 atom stereocenters. The zero-order valence-corrected chi connectivity index (χ0v) is 26.9. The van der Waals surface area contributed by atoms with Gasteiger partial charge in [0.15, 0.2) is 5.78 Å². The SMILES string of the molecule is CC(C)(C)Nc1c(C(O)(C(F)(F)F)C(F)(F)F)ccc2c(NC(=O)c3cccc(C(=O)C(C)(C)C)c3)c(C(O)(C(F)(F)F)C(F)(F)F)ccc12. The Morgan fingerprint density at radius 1 is 0.560 bits per heavy atom. The number of amides is 1. The topological polar surface area (TPSA) is 98.7 Å². The van der Waals surface area contributed by atoms with Crippen molar-refractivity contribution in [3.05, 3.63) is 70.8 Å². The summed E-state index contributed by atoms with van der Waals surface area (Å²) in [5.41, 5.74) is -21.3. The molecule has 0 saturated heterocycles. The van der Waals surface area contributed by atoms with Gasteiger partial charge in [-0.25, -0.2) is 0 Å². The van der Waals surface area contributed by atoms with Gasteiger partial charge in [0.1, 0.15) is 0 Å². The molecular formula is C32H30F12N2O4. The lowest BCUT2D eigenvalue weighted by Gasteiger charge is -2.37. The Labute approximate surface area is 276 Å². The number of anilines is 2. The molecule has 3 aromatic rings. The molecule has 0 saturated carbocycles. The second-order valence-corrected chi connectivity index (χ2v) is 13.5. The van der Waals surface area contributed by atoms with Crippen molar-refractivity contribution in [2.45, 2.75) is 83.0 Å². The van der Waals surface area contributed by atoms with Crippen molar-refractivity contribution in [2.75, 3.05) is 10.6 Å². The van der Waals surface area contributed by atoms with Crippen molar-refractivity contribution >= 4 is 33.8 Å². The van der Waals surface area contributed by atoms with Crippen LogP contribution in [0.25, 0.3) is 10.8 Å². The number of hydrogen-bond acceptors (Lipinski definition) is 5. The fourth-order valence-electron chi connectivity index (χ4n) is 5.01. The minimum absolute atomic E-state index is 0.0281. The van der Waals surface area contributed by atoms with E-state index in [4.69, 9.17) is 0 Å². The lowest BCUT2D eigenvalue weighted by atomic mass is 9.84. The molecule has 1 amide bonds. The molecular weight excluding hydrogens is 704 g/mol. The number of nitrogens with one attached hydrogen (secondary N) is 2. The summed E-state index contributed by atoms with van der Waals surface area (Å²) in [5.74, 6) is -2.01. The van der Waals surface area contributed by atoms with Gasteiger partial charge >= 0.3 is 24.7 Å². The first-order valence-electron chi connectivity index (χ1n) is 14.3. The first kappa shape index (κ1) is 40.4. The van der Waals surface area contributed by atoms with Crippen LogP contribution in [0, 0.1) is 5.41 Å². The van der Waals surface area contributed by atoms with Crippen LogP contribution in [-0.2, 0) is 11.2 Å². The van der Waals surface area contributed by atoms with Crippen LogP contribution in [0.2, 0.25) is 0 Å². The first-order chi connectivity index (χ1) is 22.2. The molecule has 276 valence electrons. The Hall–Kier alpha value is -4.06. The van der Waals surface area contributed by atoms with Crippen LogP contribution in [-0.4, -0.2) is 52.1 Å². The number of benzene rings is 3. The van der Waals surface area contributed by atoms with E-state index in [0.717, 1.165) is 18.2 Å². The van der Waals surface area contributed by atoms with Gasteiger partial charge in [-0.2, -0.15) is 52.7 Å². The van der Waals surface area contributed by atoms with E-state index >= 15 is 0 Å². The third kappa shape index (κ3) is 7.08. The smallest absolute Gasteiger partial charge is 0.380 e. The average molecular weight is 735 g/mol. The van der Waals surface area contributed by atoms with E-state index in [2.05, 4.69) is 5.32 Å². The number of carbonyl (C=O) groups excluding carboxylic acids is 2. The van der Waals surface area contributed by atoms with E-state index in [0.29, 0.717) is 0 Å². The summed E-state index contributed by atoms with van der Waals surface area (Å²) in [7, 11) is 0. The minimum Gasteiger partial charge on any atom is -0.380 e. The summed E-state index contributed by atoms with van der Waals surface area (Å²) in [6, 6.07) is 4.78. The highest BCUT2D eigenvalue weighted by Gasteiger charge is 2.73. The van der Waals surface area contributed by atoms with E-state index in [1.807, 2.05) is 0 Å². The van der Waals surface area contributed by atoms with Crippen LogP contribution in [0.5, 0.6) is 0 Å². The van der Waals surface area contributed by atoms with Gasteiger partial charge in [-0.1, -0.05) is 57.2 Å².